The van der Waals surface area contributed by atoms with Crippen molar-refractivity contribution in [2.45, 2.75) is 51.4 Å². The predicted molar refractivity (Wildman–Crippen MR) is 85.4 cm³/mol. The molecular weight excluding hydrogens is 278 g/mol. The first-order valence-electron chi connectivity index (χ1n) is 7.45. The maximum atomic E-state index is 12.0. The van der Waals surface area contributed by atoms with Crippen LogP contribution in [0.5, 0.6) is 0 Å². The number of nitriles is 1. The van der Waals surface area contributed by atoms with Crippen molar-refractivity contribution in [2.75, 3.05) is 11.9 Å². The van der Waals surface area contributed by atoms with Gasteiger partial charge in [-0.05, 0) is 52.3 Å². The Morgan fingerprint density at radius 1 is 1.41 bits per heavy atom. The van der Waals surface area contributed by atoms with Gasteiger partial charge in [0.1, 0.15) is 0 Å². The SMILES string of the molecule is CC1(C)CC(NCC(=O)Nc2cccc(C#N)c2)C(C)(C)O1. The predicted octanol–water partition coefficient (Wildman–Crippen LogP) is 2.43. The molecule has 1 aromatic rings. The molecule has 1 unspecified atom stereocenters. The van der Waals surface area contributed by atoms with E-state index in [9.17, 15) is 4.79 Å². The normalized spacial score (nSPS) is 22.0. The van der Waals surface area contributed by atoms with Crippen LogP contribution in [0.4, 0.5) is 5.69 Å². The molecule has 1 saturated heterocycles. The van der Waals surface area contributed by atoms with E-state index in [0.717, 1.165) is 6.42 Å². The molecule has 2 rings (SSSR count). The standard InChI is InChI=1S/C17H23N3O2/c1-16(2)9-14(17(3,4)22-16)19-11-15(21)20-13-7-5-6-12(8-13)10-18/h5-8,14,19H,9,11H2,1-4H3,(H,20,21). The second-order valence-corrected chi connectivity index (χ2v) is 6.84. The molecule has 2 N–H and O–H groups in total. The molecule has 5 heteroatoms. The van der Waals surface area contributed by atoms with E-state index in [1.165, 1.54) is 0 Å². The average molecular weight is 301 g/mol. The number of carbonyl (C=O) groups excluding carboxylic acids is 1. The van der Waals surface area contributed by atoms with E-state index in [0.29, 0.717) is 11.3 Å². The maximum Gasteiger partial charge on any atom is 0.238 e. The number of anilines is 1. The molecular formula is C17H23N3O2. The van der Waals surface area contributed by atoms with Crippen LogP contribution in [-0.4, -0.2) is 29.7 Å². The minimum absolute atomic E-state index is 0.124. The van der Waals surface area contributed by atoms with Crippen molar-refractivity contribution < 1.29 is 9.53 Å². The molecule has 0 saturated carbocycles. The summed E-state index contributed by atoms with van der Waals surface area (Å²) in [4.78, 5) is 12.0. The van der Waals surface area contributed by atoms with Crippen LogP contribution in [0.15, 0.2) is 24.3 Å². The average Bonchev–Trinajstić information content (AvgIpc) is 2.64. The first-order valence-corrected chi connectivity index (χ1v) is 7.45. The number of rotatable bonds is 4. The van der Waals surface area contributed by atoms with Gasteiger partial charge in [-0.3, -0.25) is 4.79 Å². The molecule has 5 nitrogen and oxygen atoms in total. The van der Waals surface area contributed by atoms with Gasteiger partial charge in [0, 0.05) is 11.7 Å². The molecule has 22 heavy (non-hydrogen) atoms. The van der Waals surface area contributed by atoms with Gasteiger partial charge in [0.05, 0.1) is 29.4 Å². The molecule has 1 fully saturated rings. The summed E-state index contributed by atoms with van der Waals surface area (Å²) in [6.45, 7) is 8.40. The van der Waals surface area contributed by atoms with Crippen molar-refractivity contribution in [1.82, 2.24) is 5.32 Å². The zero-order valence-electron chi connectivity index (χ0n) is 13.6. The molecule has 1 heterocycles. The van der Waals surface area contributed by atoms with Gasteiger partial charge >= 0.3 is 0 Å². The van der Waals surface area contributed by atoms with E-state index in [-0.39, 0.29) is 29.7 Å². The number of hydrogen-bond acceptors (Lipinski definition) is 4. The third-order valence-electron chi connectivity index (χ3n) is 3.86. The summed E-state index contributed by atoms with van der Waals surface area (Å²) in [7, 11) is 0. The molecule has 1 atom stereocenters. The summed E-state index contributed by atoms with van der Waals surface area (Å²) in [6.07, 6.45) is 0.858. The van der Waals surface area contributed by atoms with Crippen molar-refractivity contribution >= 4 is 11.6 Å². The smallest absolute Gasteiger partial charge is 0.238 e. The van der Waals surface area contributed by atoms with Crippen molar-refractivity contribution in [3.8, 4) is 6.07 Å². The first kappa shape index (κ1) is 16.5. The second kappa shape index (κ2) is 6.07. The highest BCUT2D eigenvalue weighted by atomic mass is 16.5. The number of nitrogens with zero attached hydrogens (tertiary/aromatic N) is 1. The lowest BCUT2D eigenvalue weighted by molar-refractivity contribution is -0.115. The Balaban J connectivity index is 1.89. The van der Waals surface area contributed by atoms with Gasteiger partial charge in [-0.2, -0.15) is 5.26 Å². The van der Waals surface area contributed by atoms with E-state index in [2.05, 4.69) is 30.6 Å². The van der Waals surface area contributed by atoms with E-state index in [1.54, 1.807) is 24.3 Å². The largest absolute Gasteiger partial charge is 0.368 e. The molecule has 0 spiro atoms. The van der Waals surface area contributed by atoms with Crippen molar-refractivity contribution in [3.63, 3.8) is 0 Å². The minimum atomic E-state index is -0.301. The van der Waals surface area contributed by atoms with Gasteiger partial charge in [-0.15, -0.1) is 0 Å². The van der Waals surface area contributed by atoms with Crippen LogP contribution in [0.1, 0.15) is 39.7 Å². The number of amides is 1. The highest BCUT2D eigenvalue weighted by Crippen LogP contribution is 2.37. The molecule has 118 valence electrons. The number of ether oxygens (including phenoxy) is 1. The van der Waals surface area contributed by atoms with Crippen LogP contribution in [0.2, 0.25) is 0 Å². The van der Waals surface area contributed by atoms with Crippen LogP contribution < -0.4 is 10.6 Å². The number of nitrogens with one attached hydrogen (secondary N) is 2. The highest BCUT2D eigenvalue weighted by molar-refractivity contribution is 5.92. The Morgan fingerprint density at radius 2 is 2.14 bits per heavy atom. The topological polar surface area (TPSA) is 74.2 Å². The monoisotopic (exact) mass is 301 g/mol. The Kier molecular flexibility index (Phi) is 4.55. The van der Waals surface area contributed by atoms with Gasteiger partial charge in [-0.1, -0.05) is 6.07 Å². The highest BCUT2D eigenvalue weighted by Gasteiger charge is 2.45. The molecule has 1 aliphatic rings. The van der Waals surface area contributed by atoms with Crippen LogP contribution in [0.3, 0.4) is 0 Å². The Morgan fingerprint density at radius 3 is 2.73 bits per heavy atom. The van der Waals surface area contributed by atoms with Gasteiger partial charge < -0.3 is 15.4 Å². The number of carbonyl (C=O) groups is 1. The first-order chi connectivity index (χ1) is 10.2. The van der Waals surface area contributed by atoms with E-state index in [4.69, 9.17) is 10.00 Å². The van der Waals surface area contributed by atoms with Crippen LogP contribution in [-0.2, 0) is 9.53 Å². The third-order valence-corrected chi connectivity index (χ3v) is 3.86. The fraction of sp³-hybridized carbons (Fsp3) is 0.529. The van der Waals surface area contributed by atoms with Gasteiger partial charge in [0.25, 0.3) is 0 Å². The van der Waals surface area contributed by atoms with Crippen LogP contribution in [0, 0.1) is 11.3 Å². The summed E-state index contributed by atoms with van der Waals surface area (Å²) in [5.74, 6) is -0.129. The lowest BCUT2D eigenvalue weighted by atomic mass is 9.94. The lowest BCUT2D eigenvalue weighted by Crippen LogP contribution is -2.46. The zero-order valence-corrected chi connectivity index (χ0v) is 13.6. The molecule has 0 bridgehead atoms. The zero-order chi connectivity index (χ0) is 16.4. The summed E-state index contributed by atoms with van der Waals surface area (Å²) >= 11 is 0. The molecule has 1 amide bonds. The molecule has 0 radical (unpaired) electrons. The Hall–Kier alpha value is -1.90. The lowest BCUT2D eigenvalue weighted by Gasteiger charge is -2.27. The summed E-state index contributed by atoms with van der Waals surface area (Å²) in [5, 5.41) is 14.9. The van der Waals surface area contributed by atoms with Gasteiger partial charge in [-0.25, -0.2) is 0 Å². The Bertz CT molecular complexity index is 602. The van der Waals surface area contributed by atoms with Crippen LogP contribution >= 0.6 is 0 Å². The molecule has 0 aromatic heterocycles. The molecule has 1 aromatic carbocycles. The molecule has 0 aliphatic carbocycles. The van der Waals surface area contributed by atoms with Crippen molar-refractivity contribution in [1.29, 1.82) is 5.26 Å². The van der Waals surface area contributed by atoms with Gasteiger partial charge in [0.2, 0.25) is 5.91 Å². The van der Waals surface area contributed by atoms with Crippen molar-refractivity contribution in [3.05, 3.63) is 29.8 Å². The fourth-order valence-electron chi connectivity index (χ4n) is 2.97. The number of hydrogen-bond donors (Lipinski definition) is 2. The van der Waals surface area contributed by atoms with Gasteiger partial charge in [0.15, 0.2) is 0 Å². The maximum absolute atomic E-state index is 12.0. The fourth-order valence-corrected chi connectivity index (χ4v) is 2.97. The second-order valence-electron chi connectivity index (χ2n) is 6.84. The van der Waals surface area contributed by atoms with E-state index >= 15 is 0 Å². The van der Waals surface area contributed by atoms with Crippen molar-refractivity contribution in [2.24, 2.45) is 0 Å². The number of benzene rings is 1. The summed E-state index contributed by atoms with van der Waals surface area (Å²) in [5.41, 5.74) is 0.675. The minimum Gasteiger partial charge on any atom is -0.368 e. The summed E-state index contributed by atoms with van der Waals surface area (Å²) in [6, 6.07) is 9.05. The van der Waals surface area contributed by atoms with Crippen LogP contribution in [0.25, 0.3) is 0 Å². The van der Waals surface area contributed by atoms with E-state index < -0.39 is 0 Å². The quantitative estimate of drug-likeness (QED) is 0.895. The molecule has 1 aliphatic heterocycles. The van der Waals surface area contributed by atoms with E-state index in [1.807, 2.05) is 13.8 Å². The third kappa shape index (κ3) is 4.06. The summed E-state index contributed by atoms with van der Waals surface area (Å²) < 4.78 is 6.00. The Labute approximate surface area is 131 Å².